The Hall–Kier alpha value is -3.32. The molecule has 0 aromatic rings. The smallest absolute Gasteiger partial charge is 0.335 e. The zero-order chi connectivity index (χ0) is 57.5. The van der Waals surface area contributed by atoms with Crippen molar-refractivity contribution in [2.45, 2.75) is 340 Å². The maximum absolute atomic E-state index is 13.2. The van der Waals surface area contributed by atoms with Gasteiger partial charge in [0.15, 0.2) is 24.6 Å². The van der Waals surface area contributed by atoms with Gasteiger partial charge in [-0.2, -0.15) is 0 Å². The lowest BCUT2D eigenvalue weighted by Crippen LogP contribution is -2.61. The van der Waals surface area contributed by atoms with Crippen molar-refractivity contribution in [3.05, 3.63) is 48.6 Å². The molecule has 6 unspecified atom stereocenters. The molecule has 0 aromatic carbocycles. The number of carbonyl (C=O) groups is 4. The van der Waals surface area contributed by atoms with Gasteiger partial charge in [0.25, 0.3) is 0 Å². The first-order valence-corrected chi connectivity index (χ1v) is 32.6. The van der Waals surface area contributed by atoms with Crippen LogP contribution in [0.1, 0.15) is 303 Å². The Labute approximate surface area is 482 Å². The van der Waals surface area contributed by atoms with E-state index in [9.17, 15) is 34.5 Å². The zero-order valence-electron chi connectivity index (χ0n) is 50.6. The summed E-state index contributed by atoms with van der Waals surface area (Å²) in [7, 11) is 0. The summed E-state index contributed by atoms with van der Waals surface area (Å²) in [6.45, 7) is 5.90. The summed E-state index contributed by atoms with van der Waals surface area (Å²) in [6.07, 6.45) is 55.0. The van der Waals surface area contributed by atoms with Gasteiger partial charge in [0.1, 0.15) is 18.8 Å². The summed E-state index contributed by atoms with van der Waals surface area (Å²) >= 11 is 0. The SMILES string of the molecule is CC/C=C\C/C=C\C/C=C\CCCCCCCCCC(=O)OCC(COC1OC(C(=O)O)C(O)C(O)C1OC(=O)CCCCCCCCCCCCCCCCCCCCC)OC(=O)CCCCCCC/C=C\CCCCCC. The molecule has 0 aliphatic carbocycles. The molecule has 0 amide bonds. The monoisotopic (exact) mass is 1110 g/mol. The summed E-state index contributed by atoms with van der Waals surface area (Å²) in [5.74, 6) is -3.12. The summed E-state index contributed by atoms with van der Waals surface area (Å²) in [5.41, 5.74) is 0. The van der Waals surface area contributed by atoms with Crippen LogP contribution in [0.5, 0.6) is 0 Å². The van der Waals surface area contributed by atoms with Crippen LogP contribution in [0, 0.1) is 0 Å². The van der Waals surface area contributed by atoms with E-state index in [2.05, 4.69) is 69.4 Å². The Balaban J connectivity index is 2.63. The fourth-order valence-corrected chi connectivity index (χ4v) is 9.91. The Kier molecular flexibility index (Phi) is 51.5. The number of hydrogen-bond donors (Lipinski definition) is 3. The molecule has 0 spiro atoms. The number of carboxylic acids is 1. The molecular formula is C67H118O12. The van der Waals surface area contributed by atoms with Gasteiger partial charge in [0.2, 0.25) is 0 Å². The molecule has 0 aromatic heterocycles. The Morgan fingerprint density at radius 1 is 0.430 bits per heavy atom. The third kappa shape index (κ3) is 45.0. The van der Waals surface area contributed by atoms with Crippen LogP contribution in [-0.2, 0) is 42.9 Å². The number of hydrogen-bond acceptors (Lipinski definition) is 11. The lowest BCUT2D eigenvalue weighted by molar-refractivity contribution is -0.301. The van der Waals surface area contributed by atoms with Crippen molar-refractivity contribution in [1.82, 2.24) is 0 Å². The van der Waals surface area contributed by atoms with Crippen LogP contribution in [0.3, 0.4) is 0 Å². The van der Waals surface area contributed by atoms with Gasteiger partial charge in [0.05, 0.1) is 6.61 Å². The van der Waals surface area contributed by atoms with Crippen LogP contribution >= 0.6 is 0 Å². The van der Waals surface area contributed by atoms with Crippen molar-refractivity contribution in [2.24, 2.45) is 0 Å². The van der Waals surface area contributed by atoms with Crippen molar-refractivity contribution in [3.63, 3.8) is 0 Å². The Bertz CT molecular complexity index is 1560. The van der Waals surface area contributed by atoms with Crippen LogP contribution in [0.2, 0.25) is 0 Å². The maximum atomic E-state index is 13.2. The minimum absolute atomic E-state index is 0.0634. The zero-order valence-corrected chi connectivity index (χ0v) is 50.6. The van der Waals surface area contributed by atoms with E-state index in [1.165, 1.54) is 135 Å². The fourth-order valence-electron chi connectivity index (χ4n) is 9.91. The predicted molar refractivity (Wildman–Crippen MR) is 322 cm³/mol. The first-order chi connectivity index (χ1) is 38.6. The Morgan fingerprint density at radius 3 is 1.24 bits per heavy atom. The van der Waals surface area contributed by atoms with Gasteiger partial charge in [-0.15, -0.1) is 0 Å². The molecule has 0 saturated carbocycles. The summed E-state index contributed by atoms with van der Waals surface area (Å²) < 4.78 is 28.5. The molecule has 1 saturated heterocycles. The van der Waals surface area contributed by atoms with E-state index in [0.29, 0.717) is 19.3 Å². The molecule has 12 heteroatoms. The summed E-state index contributed by atoms with van der Waals surface area (Å²) in [6, 6.07) is 0. The number of carbonyl (C=O) groups excluding carboxylic acids is 3. The highest BCUT2D eigenvalue weighted by atomic mass is 16.7. The first-order valence-electron chi connectivity index (χ1n) is 32.6. The maximum Gasteiger partial charge on any atom is 0.335 e. The summed E-state index contributed by atoms with van der Waals surface area (Å²) in [5, 5.41) is 31.6. The number of allylic oxidation sites excluding steroid dienone is 8. The normalized spacial score (nSPS) is 18.1. The number of carboxylic acid groups (broad SMARTS) is 1. The third-order valence-electron chi connectivity index (χ3n) is 14.9. The molecule has 0 bridgehead atoms. The molecule has 3 N–H and O–H groups in total. The molecule has 6 atom stereocenters. The standard InChI is InChI=1S/C67H118O12/c1-4-7-10-13-16-19-22-25-27-29-30-32-34-37-40-43-46-49-52-55-61(70)78-65-63(72)62(71)64(66(73)74)79-67(65)76-57-58(77-60(69)54-51-48-45-42-39-35-24-21-18-15-12-9-6-3)56-75-59(68)53-50-47-44-41-38-36-33-31-28-26-23-20-17-14-11-8-5-2/h8,11,17,20-21,24,26,28,58,62-65,67,71-72H,4-7,9-10,12-16,18-19,22-23,25,27,29-57H2,1-3H3,(H,73,74)/b11-8-,20-17-,24-21-,28-26-. The van der Waals surface area contributed by atoms with Gasteiger partial charge in [-0.1, -0.05) is 256 Å². The van der Waals surface area contributed by atoms with Crippen LogP contribution < -0.4 is 0 Å². The van der Waals surface area contributed by atoms with Gasteiger partial charge in [-0.3, -0.25) is 14.4 Å². The van der Waals surface area contributed by atoms with Crippen molar-refractivity contribution in [2.75, 3.05) is 13.2 Å². The molecule has 1 heterocycles. The quantitative estimate of drug-likeness (QED) is 0.0228. The van der Waals surface area contributed by atoms with E-state index in [1.54, 1.807) is 0 Å². The molecule has 12 nitrogen and oxygen atoms in total. The number of rotatable bonds is 56. The van der Waals surface area contributed by atoms with Crippen LogP contribution in [0.25, 0.3) is 0 Å². The lowest BCUT2D eigenvalue weighted by atomic mass is 9.98. The van der Waals surface area contributed by atoms with E-state index in [0.717, 1.165) is 109 Å². The van der Waals surface area contributed by atoms with Gasteiger partial charge >= 0.3 is 23.9 Å². The molecule has 1 aliphatic rings. The van der Waals surface area contributed by atoms with E-state index in [1.807, 2.05) is 0 Å². The highest BCUT2D eigenvalue weighted by Crippen LogP contribution is 2.27. The predicted octanol–water partition coefficient (Wildman–Crippen LogP) is 17.3. The molecule has 0 radical (unpaired) electrons. The number of aliphatic carboxylic acids is 1. The fraction of sp³-hybridized carbons (Fsp3) is 0.821. The largest absolute Gasteiger partial charge is 0.479 e. The molecule has 1 aliphatic heterocycles. The second-order valence-corrected chi connectivity index (χ2v) is 22.4. The Morgan fingerprint density at radius 2 is 0.797 bits per heavy atom. The molecule has 1 fully saturated rings. The highest BCUT2D eigenvalue weighted by molar-refractivity contribution is 5.74. The third-order valence-corrected chi connectivity index (χ3v) is 14.9. The van der Waals surface area contributed by atoms with Gasteiger partial charge in [-0.05, 0) is 77.0 Å². The second-order valence-electron chi connectivity index (χ2n) is 22.4. The van der Waals surface area contributed by atoms with Crippen molar-refractivity contribution < 1.29 is 58.2 Å². The van der Waals surface area contributed by atoms with Crippen molar-refractivity contribution >= 4 is 23.9 Å². The molecule has 1 rings (SSSR count). The first kappa shape index (κ1) is 73.7. The van der Waals surface area contributed by atoms with E-state index in [-0.39, 0.29) is 25.9 Å². The van der Waals surface area contributed by atoms with E-state index in [4.69, 9.17) is 23.7 Å². The number of ether oxygens (including phenoxy) is 5. The van der Waals surface area contributed by atoms with Gasteiger partial charge < -0.3 is 39.0 Å². The average Bonchev–Trinajstić information content (AvgIpc) is 3.47. The minimum atomic E-state index is -1.90. The van der Waals surface area contributed by atoms with E-state index < -0.39 is 67.3 Å². The number of esters is 3. The minimum Gasteiger partial charge on any atom is -0.479 e. The second kappa shape index (κ2) is 55.2. The molecule has 79 heavy (non-hydrogen) atoms. The lowest BCUT2D eigenvalue weighted by Gasteiger charge is -2.40. The molecular weight excluding hydrogens is 997 g/mol. The van der Waals surface area contributed by atoms with Crippen molar-refractivity contribution in [1.29, 1.82) is 0 Å². The number of unbranched alkanes of at least 4 members (excludes halogenated alkanes) is 34. The topological polar surface area (TPSA) is 175 Å². The van der Waals surface area contributed by atoms with Crippen LogP contribution in [-0.4, -0.2) is 89.2 Å². The number of aliphatic hydroxyl groups is 2. The summed E-state index contributed by atoms with van der Waals surface area (Å²) in [4.78, 5) is 51.3. The van der Waals surface area contributed by atoms with Gasteiger partial charge in [-0.25, -0.2) is 4.79 Å². The average molecular weight is 1120 g/mol. The van der Waals surface area contributed by atoms with Crippen LogP contribution in [0.4, 0.5) is 0 Å². The van der Waals surface area contributed by atoms with Crippen molar-refractivity contribution in [3.8, 4) is 0 Å². The van der Waals surface area contributed by atoms with Gasteiger partial charge in [0, 0.05) is 19.3 Å². The van der Waals surface area contributed by atoms with Crippen LogP contribution in [0.15, 0.2) is 48.6 Å². The highest BCUT2D eigenvalue weighted by Gasteiger charge is 2.50. The number of aliphatic hydroxyl groups excluding tert-OH is 2. The molecule has 458 valence electrons. The van der Waals surface area contributed by atoms with E-state index >= 15 is 0 Å².